The number of unbranched alkanes of at least 4 members (excludes halogenated alkanes) is 10. The third kappa shape index (κ3) is 6.63. The molecular weight excluding hydrogens is 350 g/mol. The van der Waals surface area contributed by atoms with E-state index in [-0.39, 0.29) is 0 Å². The molecule has 0 aliphatic rings. The Morgan fingerprint density at radius 3 is 1.93 bits per heavy atom. The molecule has 0 unspecified atom stereocenters. The predicted molar refractivity (Wildman–Crippen MR) is 129 cm³/mol. The van der Waals surface area contributed by atoms with Gasteiger partial charge in [-0.2, -0.15) is 0 Å². The number of rotatable bonds is 14. The number of aromatic amines is 1. The van der Waals surface area contributed by atoms with E-state index >= 15 is 0 Å². The van der Waals surface area contributed by atoms with Crippen molar-refractivity contribution in [3.05, 3.63) is 47.5 Å². The van der Waals surface area contributed by atoms with Gasteiger partial charge in [-0.1, -0.05) is 84.1 Å². The summed E-state index contributed by atoms with van der Waals surface area (Å²) in [7, 11) is 0. The summed E-state index contributed by atoms with van der Waals surface area (Å²) >= 11 is 0. The van der Waals surface area contributed by atoms with E-state index in [1.807, 2.05) is 0 Å². The molecule has 0 bridgehead atoms. The molecule has 0 fully saturated rings. The van der Waals surface area contributed by atoms with Crippen LogP contribution in [0.5, 0.6) is 0 Å². The van der Waals surface area contributed by atoms with Crippen LogP contribution in [0.3, 0.4) is 0 Å². The summed E-state index contributed by atoms with van der Waals surface area (Å²) in [5, 5.41) is 2.73. The molecule has 29 heavy (non-hydrogen) atoms. The molecule has 0 saturated carbocycles. The van der Waals surface area contributed by atoms with Gasteiger partial charge in [-0.15, -0.1) is 0 Å². The third-order valence-corrected chi connectivity index (χ3v) is 6.27. The van der Waals surface area contributed by atoms with Crippen molar-refractivity contribution in [1.29, 1.82) is 0 Å². The van der Waals surface area contributed by atoms with Crippen LogP contribution < -0.4 is 0 Å². The SMILES string of the molecule is CCCCCCCCc1c[c]c2[nH]c3ccc(CCCCCCCC)cc3c2c1. The van der Waals surface area contributed by atoms with Crippen LogP contribution in [0.25, 0.3) is 21.8 Å². The molecule has 0 amide bonds. The smallest absolute Gasteiger partial charge is 0.0545 e. The number of aromatic nitrogens is 1. The lowest BCUT2D eigenvalue weighted by molar-refractivity contribution is 0.607. The second-order valence-corrected chi connectivity index (χ2v) is 8.84. The highest BCUT2D eigenvalue weighted by molar-refractivity contribution is 6.07. The first kappa shape index (κ1) is 21.9. The largest absolute Gasteiger partial charge is 0.354 e. The molecular formula is C28H40N. The molecule has 0 spiro atoms. The van der Waals surface area contributed by atoms with Gasteiger partial charge in [0.2, 0.25) is 0 Å². The van der Waals surface area contributed by atoms with Crippen molar-refractivity contribution < 1.29 is 0 Å². The van der Waals surface area contributed by atoms with Crippen molar-refractivity contribution in [2.75, 3.05) is 0 Å². The van der Waals surface area contributed by atoms with Gasteiger partial charge in [0.05, 0.1) is 5.52 Å². The fourth-order valence-electron chi connectivity index (χ4n) is 4.43. The van der Waals surface area contributed by atoms with Crippen molar-refractivity contribution in [2.45, 2.75) is 104 Å². The van der Waals surface area contributed by atoms with Crippen molar-refractivity contribution in [1.82, 2.24) is 4.98 Å². The lowest BCUT2D eigenvalue weighted by atomic mass is 10.0. The Morgan fingerprint density at radius 1 is 0.655 bits per heavy atom. The molecule has 1 aromatic heterocycles. The molecule has 1 heteroatoms. The number of hydrogen-bond donors (Lipinski definition) is 1. The molecule has 0 atom stereocenters. The van der Waals surface area contributed by atoms with E-state index in [0.717, 1.165) is 5.52 Å². The fraction of sp³-hybridized carbons (Fsp3) is 0.571. The number of H-pyrrole nitrogens is 1. The van der Waals surface area contributed by atoms with Gasteiger partial charge in [0, 0.05) is 22.4 Å². The molecule has 3 aromatic rings. The molecule has 2 aromatic carbocycles. The van der Waals surface area contributed by atoms with E-state index in [1.54, 1.807) is 0 Å². The monoisotopic (exact) mass is 390 g/mol. The Labute approximate surface area is 178 Å². The molecule has 1 N–H and O–H groups in total. The van der Waals surface area contributed by atoms with Crippen LogP contribution in [0.2, 0.25) is 0 Å². The Hall–Kier alpha value is -1.76. The molecule has 1 radical (unpaired) electrons. The van der Waals surface area contributed by atoms with Crippen molar-refractivity contribution in [2.24, 2.45) is 0 Å². The number of fused-ring (bicyclic) bond motifs is 3. The van der Waals surface area contributed by atoms with Crippen LogP contribution in [0.4, 0.5) is 0 Å². The first-order valence-corrected chi connectivity index (χ1v) is 12.3. The predicted octanol–water partition coefficient (Wildman–Crippen LogP) is 8.93. The Morgan fingerprint density at radius 2 is 1.24 bits per heavy atom. The molecule has 0 aliphatic carbocycles. The van der Waals surface area contributed by atoms with Gasteiger partial charge in [-0.3, -0.25) is 0 Å². The summed E-state index contributed by atoms with van der Waals surface area (Å²) in [4.78, 5) is 3.56. The molecule has 3 rings (SSSR count). The first-order valence-electron chi connectivity index (χ1n) is 12.3. The lowest BCUT2D eigenvalue weighted by Gasteiger charge is -2.04. The topological polar surface area (TPSA) is 15.8 Å². The number of hydrogen-bond acceptors (Lipinski definition) is 0. The minimum atomic E-state index is 1.16. The van der Waals surface area contributed by atoms with Gasteiger partial charge >= 0.3 is 0 Å². The molecule has 0 saturated heterocycles. The van der Waals surface area contributed by atoms with Crippen molar-refractivity contribution >= 4 is 21.8 Å². The number of aryl methyl sites for hydroxylation is 2. The summed E-state index contributed by atoms with van der Waals surface area (Å²) < 4.78 is 0. The van der Waals surface area contributed by atoms with E-state index in [1.165, 1.54) is 117 Å². The Balaban J connectivity index is 1.60. The zero-order valence-electron chi connectivity index (χ0n) is 18.8. The normalized spacial score (nSPS) is 11.7. The van der Waals surface area contributed by atoms with E-state index < -0.39 is 0 Å². The van der Waals surface area contributed by atoms with Gasteiger partial charge in [-0.25, -0.2) is 0 Å². The van der Waals surface area contributed by atoms with Crippen LogP contribution in [0, 0.1) is 6.07 Å². The van der Waals surface area contributed by atoms with E-state index in [9.17, 15) is 0 Å². The van der Waals surface area contributed by atoms with Crippen LogP contribution in [-0.2, 0) is 12.8 Å². The van der Waals surface area contributed by atoms with E-state index in [4.69, 9.17) is 0 Å². The Bertz CT molecular complexity index is 787. The number of nitrogens with one attached hydrogen (secondary N) is 1. The number of benzene rings is 2. The summed E-state index contributed by atoms with van der Waals surface area (Å²) in [5.41, 5.74) is 5.33. The molecule has 1 nitrogen and oxygen atoms in total. The third-order valence-electron chi connectivity index (χ3n) is 6.27. The van der Waals surface area contributed by atoms with Gasteiger partial charge < -0.3 is 4.98 Å². The second kappa shape index (κ2) is 12.1. The maximum atomic E-state index is 3.56. The zero-order valence-corrected chi connectivity index (χ0v) is 18.8. The van der Waals surface area contributed by atoms with Gasteiger partial charge in [0.25, 0.3) is 0 Å². The zero-order chi connectivity index (χ0) is 20.3. The van der Waals surface area contributed by atoms with Crippen LogP contribution >= 0.6 is 0 Å². The van der Waals surface area contributed by atoms with Crippen LogP contribution in [0.1, 0.15) is 102 Å². The average Bonchev–Trinajstić information content (AvgIpc) is 3.10. The highest BCUT2D eigenvalue weighted by atomic mass is 14.7. The lowest BCUT2D eigenvalue weighted by Crippen LogP contribution is -1.87. The minimum absolute atomic E-state index is 1.16. The van der Waals surface area contributed by atoms with E-state index in [0.29, 0.717) is 0 Å². The standard InChI is InChI=1S/C28H40N/c1-3-5-7-9-11-13-15-23-17-19-27-25(21-23)26-22-24(18-20-28(26)29-27)16-14-12-10-8-6-4-2/h17-19,21-22,29H,3-16H2,1-2H3. The molecule has 0 aliphatic heterocycles. The van der Waals surface area contributed by atoms with Crippen LogP contribution in [0.15, 0.2) is 30.3 Å². The first-order chi connectivity index (χ1) is 14.3. The van der Waals surface area contributed by atoms with Crippen LogP contribution in [-0.4, -0.2) is 4.98 Å². The highest BCUT2D eigenvalue weighted by Gasteiger charge is 2.07. The summed E-state index contributed by atoms with van der Waals surface area (Å²) in [6, 6.07) is 15.1. The minimum Gasteiger partial charge on any atom is -0.354 e. The molecule has 157 valence electrons. The highest BCUT2D eigenvalue weighted by Crippen LogP contribution is 2.28. The summed E-state index contributed by atoms with van der Waals surface area (Å²) in [6.45, 7) is 4.57. The van der Waals surface area contributed by atoms with Gasteiger partial charge in [0.15, 0.2) is 0 Å². The Kier molecular flexibility index (Phi) is 9.12. The van der Waals surface area contributed by atoms with Crippen molar-refractivity contribution in [3.63, 3.8) is 0 Å². The van der Waals surface area contributed by atoms with Gasteiger partial charge in [0.1, 0.15) is 0 Å². The quantitative estimate of drug-likeness (QED) is 0.264. The summed E-state index contributed by atoms with van der Waals surface area (Å²) in [6.07, 6.45) is 18.7. The van der Waals surface area contributed by atoms with Gasteiger partial charge in [-0.05, 0) is 61.1 Å². The van der Waals surface area contributed by atoms with E-state index in [2.05, 4.69) is 55.2 Å². The average molecular weight is 391 g/mol. The maximum absolute atomic E-state index is 3.56. The second-order valence-electron chi connectivity index (χ2n) is 8.84. The van der Waals surface area contributed by atoms with Crippen molar-refractivity contribution in [3.8, 4) is 0 Å². The molecule has 1 heterocycles. The summed E-state index contributed by atoms with van der Waals surface area (Å²) in [5.74, 6) is 0. The fourth-order valence-corrected chi connectivity index (χ4v) is 4.43. The maximum Gasteiger partial charge on any atom is 0.0545 e.